The summed E-state index contributed by atoms with van der Waals surface area (Å²) in [6.07, 6.45) is 2.30. The van der Waals surface area contributed by atoms with Gasteiger partial charge in [0.2, 0.25) is 0 Å². The SMILES string of the molecule is C[C@@H]1CN(C(=O)c2cccc3c2CCCN3)C[C@H](C)O1. The van der Waals surface area contributed by atoms with Crippen molar-refractivity contribution in [2.45, 2.75) is 38.9 Å². The highest BCUT2D eigenvalue weighted by atomic mass is 16.5. The van der Waals surface area contributed by atoms with Gasteiger partial charge >= 0.3 is 0 Å². The van der Waals surface area contributed by atoms with Crippen LogP contribution >= 0.6 is 0 Å². The van der Waals surface area contributed by atoms with E-state index in [4.69, 9.17) is 4.74 Å². The molecule has 0 spiro atoms. The molecule has 3 rings (SSSR count). The molecule has 0 radical (unpaired) electrons. The zero-order chi connectivity index (χ0) is 14.1. The monoisotopic (exact) mass is 274 g/mol. The van der Waals surface area contributed by atoms with Crippen LogP contribution in [0.5, 0.6) is 0 Å². The summed E-state index contributed by atoms with van der Waals surface area (Å²) in [6, 6.07) is 5.99. The molecule has 1 fully saturated rings. The number of ether oxygens (including phenoxy) is 1. The first-order valence-corrected chi connectivity index (χ1v) is 7.45. The Bertz CT molecular complexity index is 505. The predicted molar refractivity (Wildman–Crippen MR) is 79.2 cm³/mol. The highest BCUT2D eigenvalue weighted by Crippen LogP contribution is 2.27. The van der Waals surface area contributed by atoms with Gasteiger partial charge in [0.15, 0.2) is 0 Å². The molecule has 4 heteroatoms. The molecular formula is C16H22N2O2. The fraction of sp³-hybridized carbons (Fsp3) is 0.562. The topological polar surface area (TPSA) is 41.6 Å². The summed E-state index contributed by atoms with van der Waals surface area (Å²) < 4.78 is 5.71. The van der Waals surface area contributed by atoms with Gasteiger partial charge in [0.25, 0.3) is 5.91 Å². The van der Waals surface area contributed by atoms with Crippen molar-refractivity contribution < 1.29 is 9.53 Å². The van der Waals surface area contributed by atoms with Gasteiger partial charge in [-0.3, -0.25) is 4.79 Å². The van der Waals surface area contributed by atoms with E-state index in [0.717, 1.165) is 30.6 Å². The minimum atomic E-state index is 0.111. The maximum atomic E-state index is 12.8. The van der Waals surface area contributed by atoms with Crippen LogP contribution in [0, 0.1) is 0 Å². The number of hydrogen-bond donors (Lipinski definition) is 1. The molecule has 0 aromatic heterocycles. The van der Waals surface area contributed by atoms with Crippen LogP contribution in [0.25, 0.3) is 0 Å². The van der Waals surface area contributed by atoms with Gasteiger partial charge in [-0.1, -0.05) is 6.07 Å². The number of hydrogen-bond acceptors (Lipinski definition) is 3. The fourth-order valence-corrected chi connectivity index (χ4v) is 3.22. The van der Waals surface area contributed by atoms with Gasteiger partial charge in [0, 0.05) is 30.9 Å². The van der Waals surface area contributed by atoms with Gasteiger partial charge < -0.3 is 15.0 Å². The molecule has 1 amide bonds. The standard InChI is InChI=1S/C16H22N2O2/c1-11-9-18(10-12(2)20-11)16(19)14-5-3-7-15-13(14)6-4-8-17-15/h3,5,7,11-12,17H,4,6,8-10H2,1-2H3/t11-,12+. The van der Waals surface area contributed by atoms with Crippen LogP contribution < -0.4 is 5.32 Å². The minimum Gasteiger partial charge on any atom is -0.385 e. The van der Waals surface area contributed by atoms with Crippen LogP contribution in [0.4, 0.5) is 5.69 Å². The van der Waals surface area contributed by atoms with E-state index in [0.29, 0.717) is 13.1 Å². The van der Waals surface area contributed by atoms with Crippen LogP contribution in [-0.2, 0) is 11.2 Å². The van der Waals surface area contributed by atoms with E-state index in [1.165, 1.54) is 5.56 Å². The molecule has 2 atom stereocenters. The average molecular weight is 274 g/mol. The summed E-state index contributed by atoms with van der Waals surface area (Å²) in [4.78, 5) is 14.7. The minimum absolute atomic E-state index is 0.111. The lowest BCUT2D eigenvalue weighted by Crippen LogP contribution is -2.48. The second-order valence-corrected chi connectivity index (χ2v) is 5.83. The zero-order valence-corrected chi connectivity index (χ0v) is 12.2. The predicted octanol–water partition coefficient (Wildman–Crippen LogP) is 2.29. The van der Waals surface area contributed by atoms with Crippen molar-refractivity contribution in [1.29, 1.82) is 0 Å². The third kappa shape index (κ3) is 2.52. The maximum absolute atomic E-state index is 12.8. The number of benzene rings is 1. The first kappa shape index (κ1) is 13.4. The van der Waals surface area contributed by atoms with Crippen LogP contribution in [0.3, 0.4) is 0 Å². The Balaban J connectivity index is 1.87. The number of nitrogens with one attached hydrogen (secondary N) is 1. The van der Waals surface area contributed by atoms with Crippen LogP contribution in [0.1, 0.15) is 36.2 Å². The van der Waals surface area contributed by atoms with Crippen molar-refractivity contribution in [2.75, 3.05) is 25.0 Å². The van der Waals surface area contributed by atoms with E-state index < -0.39 is 0 Å². The molecule has 0 unspecified atom stereocenters. The van der Waals surface area contributed by atoms with Gasteiger partial charge in [-0.2, -0.15) is 0 Å². The number of fused-ring (bicyclic) bond motifs is 1. The molecule has 0 aliphatic carbocycles. The molecule has 0 saturated carbocycles. The summed E-state index contributed by atoms with van der Waals surface area (Å²) >= 11 is 0. The van der Waals surface area contributed by atoms with Crippen molar-refractivity contribution in [3.8, 4) is 0 Å². The molecule has 0 bridgehead atoms. The number of carbonyl (C=O) groups is 1. The van der Waals surface area contributed by atoms with E-state index in [1.807, 2.05) is 30.9 Å². The maximum Gasteiger partial charge on any atom is 0.254 e. The number of rotatable bonds is 1. The lowest BCUT2D eigenvalue weighted by atomic mass is 9.96. The molecule has 20 heavy (non-hydrogen) atoms. The third-order valence-electron chi connectivity index (χ3n) is 4.03. The van der Waals surface area contributed by atoms with Crippen molar-refractivity contribution in [3.05, 3.63) is 29.3 Å². The lowest BCUT2D eigenvalue weighted by Gasteiger charge is -2.36. The Morgan fingerprint density at radius 1 is 1.30 bits per heavy atom. The molecule has 2 aliphatic heterocycles. The van der Waals surface area contributed by atoms with Gasteiger partial charge in [-0.25, -0.2) is 0 Å². The van der Waals surface area contributed by atoms with E-state index in [-0.39, 0.29) is 18.1 Å². The molecule has 1 N–H and O–H groups in total. The highest BCUT2D eigenvalue weighted by Gasteiger charge is 2.28. The molecule has 2 heterocycles. The summed E-state index contributed by atoms with van der Waals surface area (Å²) in [5.41, 5.74) is 3.16. The Morgan fingerprint density at radius 3 is 2.80 bits per heavy atom. The molecular weight excluding hydrogens is 252 g/mol. The molecule has 1 aromatic rings. The first-order chi connectivity index (χ1) is 9.65. The van der Waals surface area contributed by atoms with Gasteiger partial charge in [0.05, 0.1) is 12.2 Å². The van der Waals surface area contributed by atoms with E-state index >= 15 is 0 Å². The Labute approximate surface area is 120 Å². The number of carbonyl (C=O) groups excluding carboxylic acids is 1. The summed E-state index contributed by atoms with van der Waals surface area (Å²) in [5.74, 6) is 0.146. The summed E-state index contributed by atoms with van der Waals surface area (Å²) in [5, 5.41) is 3.38. The Morgan fingerprint density at radius 2 is 2.05 bits per heavy atom. The van der Waals surface area contributed by atoms with Crippen molar-refractivity contribution in [1.82, 2.24) is 4.90 Å². The Kier molecular flexibility index (Phi) is 3.66. The van der Waals surface area contributed by atoms with Gasteiger partial charge in [-0.05, 0) is 44.4 Å². The van der Waals surface area contributed by atoms with E-state index in [2.05, 4.69) is 11.4 Å². The smallest absolute Gasteiger partial charge is 0.254 e. The van der Waals surface area contributed by atoms with E-state index in [1.54, 1.807) is 0 Å². The molecule has 108 valence electrons. The Hall–Kier alpha value is -1.55. The van der Waals surface area contributed by atoms with Gasteiger partial charge in [-0.15, -0.1) is 0 Å². The second kappa shape index (κ2) is 5.44. The molecule has 2 aliphatic rings. The zero-order valence-electron chi connectivity index (χ0n) is 12.2. The number of amides is 1. The molecule has 4 nitrogen and oxygen atoms in total. The molecule has 1 aromatic carbocycles. The first-order valence-electron chi connectivity index (χ1n) is 7.45. The fourth-order valence-electron chi connectivity index (χ4n) is 3.22. The second-order valence-electron chi connectivity index (χ2n) is 5.83. The summed E-state index contributed by atoms with van der Waals surface area (Å²) in [6.45, 7) is 6.41. The van der Waals surface area contributed by atoms with Crippen LogP contribution in [0.15, 0.2) is 18.2 Å². The van der Waals surface area contributed by atoms with Crippen molar-refractivity contribution >= 4 is 11.6 Å². The highest BCUT2D eigenvalue weighted by molar-refractivity contribution is 5.97. The average Bonchev–Trinajstić information content (AvgIpc) is 2.45. The number of morpholine rings is 1. The largest absolute Gasteiger partial charge is 0.385 e. The van der Waals surface area contributed by atoms with Gasteiger partial charge in [0.1, 0.15) is 0 Å². The van der Waals surface area contributed by atoms with Crippen LogP contribution in [-0.4, -0.2) is 42.6 Å². The quantitative estimate of drug-likeness (QED) is 0.854. The normalized spacial score (nSPS) is 25.8. The number of nitrogens with zero attached hydrogens (tertiary/aromatic N) is 1. The van der Waals surface area contributed by atoms with Crippen LogP contribution in [0.2, 0.25) is 0 Å². The van der Waals surface area contributed by atoms with E-state index in [9.17, 15) is 4.79 Å². The lowest BCUT2D eigenvalue weighted by molar-refractivity contribution is -0.0586. The number of anilines is 1. The third-order valence-corrected chi connectivity index (χ3v) is 4.03. The molecule has 1 saturated heterocycles. The summed E-state index contributed by atoms with van der Waals surface area (Å²) in [7, 11) is 0. The van der Waals surface area contributed by atoms with Crippen molar-refractivity contribution in [2.24, 2.45) is 0 Å². The van der Waals surface area contributed by atoms with Crippen molar-refractivity contribution in [3.63, 3.8) is 0 Å².